The number of benzene rings is 2. The first-order valence-corrected chi connectivity index (χ1v) is 8.80. The Morgan fingerprint density at radius 1 is 1.29 bits per heavy atom. The van der Waals surface area contributed by atoms with Crippen LogP contribution in [0.4, 0.5) is 0 Å². The minimum Gasteiger partial charge on any atom is -0.490 e. The van der Waals surface area contributed by atoms with Gasteiger partial charge >= 0.3 is 0 Å². The third-order valence-electron chi connectivity index (χ3n) is 2.95. The molecule has 2 aromatic carbocycles. The van der Waals surface area contributed by atoms with Crippen molar-refractivity contribution in [2.45, 2.75) is 13.5 Å². The fraction of sp³-hybridized carbons (Fsp3) is 0.176. The van der Waals surface area contributed by atoms with Crippen molar-refractivity contribution >= 4 is 46.1 Å². The molecule has 0 bridgehead atoms. The van der Waals surface area contributed by atoms with Crippen molar-refractivity contribution in [1.29, 1.82) is 0 Å². The number of ether oxygens (including phenoxy) is 2. The van der Waals surface area contributed by atoms with Gasteiger partial charge in [0, 0.05) is 0 Å². The van der Waals surface area contributed by atoms with Crippen molar-refractivity contribution in [2.24, 2.45) is 10.8 Å². The summed E-state index contributed by atoms with van der Waals surface area (Å²) in [5, 5.41) is 4.09. The number of hydrogen-bond acceptors (Lipinski definition) is 4. The zero-order valence-corrected chi connectivity index (χ0v) is 16.1. The van der Waals surface area contributed by atoms with Crippen LogP contribution in [0.25, 0.3) is 0 Å². The Hall–Kier alpha value is -1.87. The average Bonchev–Trinajstić information content (AvgIpc) is 2.55. The first-order valence-electron chi connectivity index (χ1n) is 7.31. The van der Waals surface area contributed by atoms with Crippen LogP contribution in [0, 0.1) is 3.57 Å². The van der Waals surface area contributed by atoms with Crippen LogP contribution < -0.4 is 20.6 Å². The van der Waals surface area contributed by atoms with Crippen LogP contribution in [0.3, 0.4) is 0 Å². The highest BCUT2D eigenvalue weighted by atomic mass is 127. The van der Waals surface area contributed by atoms with Crippen molar-refractivity contribution in [2.75, 3.05) is 6.61 Å². The Labute approximate surface area is 160 Å². The van der Waals surface area contributed by atoms with E-state index in [1.165, 1.54) is 0 Å². The molecular formula is C17H18IN3O2S. The van der Waals surface area contributed by atoms with Crippen LogP contribution in [0.2, 0.25) is 0 Å². The lowest BCUT2D eigenvalue weighted by atomic mass is 10.2. The molecule has 0 amide bonds. The highest BCUT2D eigenvalue weighted by Gasteiger charge is 2.12. The summed E-state index contributed by atoms with van der Waals surface area (Å²) in [7, 11) is 0. The number of hydrogen-bond donors (Lipinski definition) is 2. The second-order valence-electron chi connectivity index (χ2n) is 4.77. The molecule has 5 nitrogen and oxygen atoms in total. The Morgan fingerprint density at radius 3 is 2.71 bits per heavy atom. The highest BCUT2D eigenvalue weighted by Crippen LogP contribution is 2.34. The fourth-order valence-electron chi connectivity index (χ4n) is 1.97. The van der Waals surface area contributed by atoms with E-state index in [2.05, 4.69) is 33.1 Å². The smallest absolute Gasteiger partial charge is 0.184 e. The molecule has 0 heterocycles. The molecule has 0 aliphatic rings. The molecule has 0 radical (unpaired) electrons. The minimum atomic E-state index is 0.119. The van der Waals surface area contributed by atoms with Crippen molar-refractivity contribution < 1.29 is 9.47 Å². The maximum absolute atomic E-state index is 5.97. The second-order valence-corrected chi connectivity index (χ2v) is 6.37. The molecule has 0 aromatic heterocycles. The van der Waals surface area contributed by atoms with E-state index in [0.717, 1.165) is 20.4 Å². The van der Waals surface area contributed by atoms with Gasteiger partial charge in [-0.2, -0.15) is 5.10 Å². The number of rotatable bonds is 7. The van der Waals surface area contributed by atoms with Gasteiger partial charge in [0.25, 0.3) is 0 Å². The van der Waals surface area contributed by atoms with Gasteiger partial charge in [-0.25, -0.2) is 0 Å². The Bertz CT molecular complexity index is 723. The van der Waals surface area contributed by atoms with Crippen LogP contribution >= 0.6 is 34.8 Å². The van der Waals surface area contributed by atoms with Crippen LogP contribution in [-0.2, 0) is 6.61 Å². The Morgan fingerprint density at radius 2 is 2.04 bits per heavy atom. The maximum Gasteiger partial charge on any atom is 0.184 e. The summed E-state index contributed by atoms with van der Waals surface area (Å²) in [6.07, 6.45) is 1.63. The van der Waals surface area contributed by atoms with E-state index in [4.69, 9.17) is 27.4 Å². The zero-order valence-electron chi connectivity index (χ0n) is 13.2. The summed E-state index contributed by atoms with van der Waals surface area (Å²) in [6, 6.07) is 13.8. The van der Waals surface area contributed by atoms with Gasteiger partial charge in [-0.3, -0.25) is 5.43 Å². The number of nitrogens with zero attached hydrogens (tertiary/aromatic N) is 1. The van der Waals surface area contributed by atoms with Crippen LogP contribution in [-0.4, -0.2) is 17.9 Å². The molecule has 0 unspecified atom stereocenters. The summed E-state index contributed by atoms with van der Waals surface area (Å²) >= 11 is 6.93. The van der Waals surface area contributed by atoms with Gasteiger partial charge in [-0.05, 0) is 65.0 Å². The zero-order chi connectivity index (χ0) is 17.4. The standard InChI is InChI=1S/C17H18IN3O2S/c1-2-22-15-9-13(10-20-21-17(19)24)8-14(18)16(15)23-11-12-6-4-3-5-7-12/h3-10H,2,11H2,1H3,(H3,19,21,24). The molecule has 0 atom stereocenters. The normalized spacial score (nSPS) is 10.6. The van der Waals surface area contributed by atoms with E-state index in [9.17, 15) is 0 Å². The molecule has 0 fully saturated rings. The molecule has 2 aromatic rings. The summed E-state index contributed by atoms with van der Waals surface area (Å²) in [5.74, 6) is 1.40. The summed E-state index contributed by atoms with van der Waals surface area (Å²) in [6.45, 7) is 2.96. The van der Waals surface area contributed by atoms with Crippen molar-refractivity contribution in [3.05, 3.63) is 57.2 Å². The molecule has 2 rings (SSSR count). The van der Waals surface area contributed by atoms with Gasteiger partial charge in [0.2, 0.25) is 0 Å². The average molecular weight is 455 g/mol. The molecule has 3 N–H and O–H groups in total. The van der Waals surface area contributed by atoms with Gasteiger partial charge in [0.15, 0.2) is 16.6 Å². The van der Waals surface area contributed by atoms with Crippen LogP contribution in [0.1, 0.15) is 18.1 Å². The van der Waals surface area contributed by atoms with Gasteiger partial charge in [0.05, 0.1) is 16.4 Å². The lowest BCUT2D eigenvalue weighted by Crippen LogP contribution is -2.24. The molecule has 7 heteroatoms. The summed E-state index contributed by atoms with van der Waals surface area (Å²) < 4.78 is 12.6. The fourth-order valence-corrected chi connectivity index (χ4v) is 2.80. The lowest BCUT2D eigenvalue weighted by Gasteiger charge is -2.14. The predicted molar refractivity (Wildman–Crippen MR) is 109 cm³/mol. The molecule has 126 valence electrons. The van der Waals surface area contributed by atoms with E-state index in [1.54, 1.807) is 6.21 Å². The number of thiocarbonyl (C=S) groups is 1. The SMILES string of the molecule is CCOc1cc(C=NNC(N)=S)cc(I)c1OCc1ccccc1. The van der Waals surface area contributed by atoms with Gasteiger partial charge in [-0.15, -0.1) is 0 Å². The van der Waals surface area contributed by atoms with Crippen LogP contribution in [0.15, 0.2) is 47.6 Å². The number of hydrazone groups is 1. The molecule has 0 spiro atoms. The first-order chi connectivity index (χ1) is 11.6. The van der Waals surface area contributed by atoms with Crippen molar-refractivity contribution in [3.63, 3.8) is 0 Å². The van der Waals surface area contributed by atoms with Crippen LogP contribution in [0.5, 0.6) is 11.5 Å². The largest absolute Gasteiger partial charge is 0.490 e. The van der Waals surface area contributed by atoms with Gasteiger partial charge in [-0.1, -0.05) is 30.3 Å². The van der Waals surface area contributed by atoms with E-state index >= 15 is 0 Å². The second kappa shape index (κ2) is 9.43. The van der Waals surface area contributed by atoms with Gasteiger partial charge in [0.1, 0.15) is 6.61 Å². The van der Waals surface area contributed by atoms with Crippen molar-refractivity contribution in [3.8, 4) is 11.5 Å². The highest BCUT2D eigenvalue weighted by molar-refractivity contribution is 14.1. The molecule has 0 saturated heterocycles. The quantitative estimate of drug-likeness (QED) is 0.290. The Kier molecular flexibility index (Phi) is 7.26. The third kappa shape index (κ3) is 5.64. The summed E-state index contributed by atoms with van der Waals surface area (Å²) in [5.41, 5.74) is 9.83. The Balaban J connectivity index is 2.20. The molecule has 24 heavy (non-hydrogen) atoms. The van der Waals surface area contributed by atoms with Crippen molar-refractivity contribution in [1.82, 2.24) is 5.43 Å². The number of halogens is 1. The maximum atomic E-state index is 5.97. The van der Waals surface area contributed by atoms with E-state index < -0.39 is 0 Å². The van der Waals surface area contributed by atoms with E-state index in [-0.39, 0.29) is 5.11 Å². The number of nitrogens with one attached hydrogen (secondary N) is 1. The number of nitrogens with two attached hydrogens (primary N) is 1. The summed E-state index contributed by atoms with van der Waals surface area (Å²) in [4.78, 5) is 0. The topological polar surface area (TPSA) is 68.9 Å². The predicted octanol–water partition coefficient (Wildman–Crippen LogP) is 3.44. The lowest BCUT2D eigenvalue weighted by molar-refractivity contribution is 0.267. The van der Waals surface area contributed by atoms with E-state index in [1.807, 2.05) is 49.4 Å². The molecule has 0 aliphatic heterocycles. The third-order valence-corrected chi connectivity index (χ3v) is 3.84. The molecular weight excluding hydrogens is 437 g/mol. The monoisotopic (exact) mass is 455 g/mol. The van der Waals surface area contributed by atoms with E-state index in [0.29, 0.717) is 19.0 Å². The minimum absolute atomic E-state index is 0.119. The first kappa shape index (κ1) is 18.5. The molecule has 0 aliphatic carbocycles. The molecule has 0 saturated carbocycles. The van der Waals surface area contributed by atoms with Gasteiger partial charge < -0.3 is 15.2 Å².